The lowest BCUT2D eigenvalue weighted by molar-refractivity contribution is 0.388. The van der Waals surface area contributed by atoms with Crippen LogP contribution >= 0.6 is 0 Å². The predicted octanol–water partition coefficient (Wildman–Crippen LogP) is 1.26. The fourth-order valence-corrected chi connectivity index (χ4v) is 1.03. The summed E-state index contributed by atoms with van der Waals surface area (Å²) in [6.07, 6.45) is 3.28. The number of nitrogen functional groups attached to an aromatic ring is 1. The van der Waals surface area contributed by atoms with E-state index in [2.05, 4.69) is 15.5 Å². The Balaban J connectivity index is 1.95. The fraction of sp³-hybridized carbons (Fsp3) is 0.111. The standard InChI is InChI=1S/C9H10N4O/c10-9-2-1-7(5-12-9)11-6-8-3-4-13-14-8/h1-5,11H,6H2,(H2,10,12). The number of anilines is 2. The SMILES string of the molecule is Nc1ccc(NCc2ccno2)cn1. The van der Waals surface area contributed by atoms with Gasteiger partial charge in [0.2, 0.25) is 0 Å². The molecule has 0 spiro atoms. The third-order valence-electron chi connectivity index (χ3n) is 1.74. The number of nitrogens with two attached hydrogens (primary N) is 1. The molecule has 0 aliphatic rings. The summed E-state index contributed by atoms with van der Waals surface area (Å²) in [6, 6.07) is 5.40. The van der Waals surface area contributed by atoms with Gasteiger partial charge in [-0.05, 0) is 12.1 Å². The summed E-state index contributed by atoms with van der Waals surface area (Å²) in [5.41, 5.74) is 6.35. The van der Waals surface area contributed by atoms with Gasteiger partial charge in [0, 0.05) is 6.07 Å². The lowest BCUT2D eigenvalue weighted by atomic mass is 10.4. The number of nitrogens with one attached hydrogen (secondary N) is 1. The molecule has 0 aromatic carbocycles. The average molecular weight is 190 g/mol. The van der Waals surface area contributed by atoms with E-state index in [-0.39, 0.29) is 0 Å². The highest BCUT2D eigenvalue weighted by Gasteiger charge is 1.96. The third-order valence-corrected chi connectivity index (χ3v) is 1.74. The van der Waals surface area contributed by atoms with Gasteiger partial charge in [-0.3, -0.25) is 0 Å². The lowest BCUT2D eigenvalue weighted by Gasteiger charge is -2.02. The summed E-state index contributed by atoms with van der Waals surface area (Å²) in [7, 11) is 0. The van der Waals surface area contributed by atoms with Gasteiger partial charge in [-0.25, -0.2) is 4.98 Å². The van der Waals surface area contributed by atoms with Gasteiger partial charge < -0.3 is 15.6 Å². The van der Waals surface area contributed by atoms with Crippen LogP contribution in [0.15, 0.2) is 35.1 Å². The van der Waals surface area contributed by atoms with Crippen molar-refractivity contribution in [2.45, 2.75) is 6.54 Å². The molecule has 0 radical (unpaired) electrons. The maximum Gasteiger partial charge on any atom is 0.155 e. The molecular weight excluding hydrogens is 180 g/mol. The first-order chi connectivity index (χ1) is 6.84. The molecule has 0 saturated carbocycles. The first kappa shape index (κ1) is 8.55. The Bertz CT molecular complexity index is 382. The Morgan fingerprint density at radius 2 is 2.29 bits per heavy atom. The van der Waals surface area contributed by atoms with E-state index >= 15 is 0 Å². The van der Waals surface area contributed by atoms with Crippen LogP contribution in [-0.4, -0.2) is 10.1 Å². The normalized spacial score (nSPS) is 10.0. The molecule has 5 heteroatoms. The van der Waals surface area contributed by atoms with E-state index in [0.29, 0.717) is 12.4 Å². The van der Waals surface area contributed by atoms with Crippen molar-refractivity contribution in [2.75, 3.05) is 11.1 Å². The smallest absolute Gasteiger partial charge is 0.155 e. The molecule has 0 bridgehead atoms. The maximum atomic E-state index is 5.45. The highest BCUT2D eigenvalue weighted by molar-refractivity contribution is 5.45. The average Bonchev–Trinajstić information content (AvgIpc) is 2.70. The molecule has 2 heterocycles. The minimum atomic E-state index is 0.509. The Labute approximate surface area is 80.9 Å². The number of nitrogens with zero attached hydrogens (tertiary/aromatic N) is 2. The summed E-state index contributed by atoms with van der Waals surface area (Å²) in [5, 5.41) is 6.72. The lowest BCUT2D eigenvalue weighted by Crippen LogP contribution is -1.99. The van der Waals surface area contributed by atoms with E-state index in [1.807, 2.05) is 6.07 Å². The van der Waals surface area contributed by atoms with Gasteiger partial charge in [0.25, 0.3) is 0 Å². The van der Waals surface area contributed by atoms with Gasteiger partial charge in [0.05, 0.1) is 24.6 Å². The second-order valence-corrected chi connectivity index (χ2v) is 2.80. The Hall–Kier alpha value is -2.04. The van der Waals surface area contributed by atoms with Crippen LogP contribution in [0.4, 0.5) is 11.5 Å². The van der Waals surface area contributed by atoms with Gasteiger partial charge in [0.15, 0.2) is 5.76 Å². The number of hydrogen-bond acceptors (Lipinski definition) is 5. The van der Waals surface area contributed by atoms with Crippen LogP contribution in [0.2, 0.25) is 0 Å². The Morgan fingerprint density at radius 1 is 1.36 bits per heavy atom. The number of hydrogen-bond donors (Lipinski definition) is 2. The molecule has 5 nitrogen and oxygen atoms in total. The van der Waals surface area contributed by atoms with E-state index in [4.69, 9.17) is 10.3 Å². The van der Waals surface area contributed by atoms with E-state index < -0.39 is 0 Å². The molecule has 2 aromatic heterocycles. The molecule has 0 atom stereocenters. The molecule has 0 amide bonds. The van der Waals surface area contributed by atoms with Crippen molar-refractivity contribution in [2.24, 2.45) is 0 Å². The molecule has 0 saturated heterocycles. The Morgan fingerprint density at radius 3 is 2.93 bits per heavy atom. The van der Waals surface area contributed by atoms with Crippen LogP contribution in [0.1, 0.15) is 5.76 Å². The van der Waals surface area contributed by atoms with Crippen LogP contribution in [0, 0.1) is 0 Å². The maximum absolute atomic E-state index is 5.45. The van der Waals surface area contributed by atoms with Crippen molar-refractivity contribution in [3.8, 4) is 0 Å². The first-order valence-electron chi connectivity index (χ1n) is 4.19. The van der Waals surface area contributed by atoms with Gasteiger partial charge >= 0.3 is 0 Å². The van der Waals surface area contributed by atoms with Crippen molar-refractivity contribution < 1.29 is 4.52 Å². The molecule has 0 fully saturated rings. The van der Waals surface area contributed by atoms with E-state index in [0.717, 1.165) is 11.4 Å². The van der Waals surface area contributed by atoms with Crippen molar-refractivity contribution in [3.63, 3.8) is 0 Å². The topological polar surface area (TPSA) is 77.0 Å². The summed E-state index contributed by atoms with van der Waals surface area (Å²) in [4.78, 5) is 3.95. The molecule has 2 aromatic rings. The fourth-order valence-electron chi connectivity index (χ4n) is 1.03. The third kappa shape index (κ3) is 2.01. The van der Waals surface area contributed by atoms with Crippen molar-refractivity contribution in [1.82, 2.24) is 10.1 Å². The minimum Gasteiger partial charge on any atom is -0.384 e. The van der Waals surface area contributed by atoms with Crippen LogP contribution < -0.4 is 11.1 Å². The number of rotatable bonds is 3. The summed E-state index contributed by atoms with van der Waals surface area (Å²) in [5.74, 6) is 1.29. The molecule has 3 N–H and O–H groups in total. The van der Waals surface area contributed by atoms with Crippen molar-refractivity contribution in [3.05, 3.63) is 36.4 Å². The quantitative estimate of drug-likeness (QED) is 0.762. The minimum absolute atomic E-state index is 0.509. The highest BCUT2D eigenvalue weighted by atomic mass is 16.5. The summed E-state index contributed by atoms with van der Waals surface area (Å²) < 4.78 is 4.92. The number of aromatic nitrogens is 2. The summed E-state index contributed by atoms with van der Waals surface area (Å²) >= 11 is 0. The molecule has 0 unspecified atom stereocenters. The molecule has 0 aliphatic carbocycles. The van der Waals surface area contributed by atoms with Crippen LogP contribution in [-0.2, 0) is 6.54 Å². The molecule has 72 valence electrons. The predicted molar refractivity (Wildman–Crippen MR) is 52.5 cm³/mol. The molecule has 2 rings (SSSR count). The highest BCUT2D eigenvalue weighted by Crippen LogP contribution is 2.08. The van der Waals surface area contributed by atoms with E-state index in [1.165, 1.54) is 0 Å². The zero-order chi connectivity index (χ0) is 9.80. The van der Waals surface area contributed by atoms with Gasteiger partial charge in [-0.1, -0.05) is 5.16 Å². The zero-order valence-electron chi connectivity index (χ0n) is 7.47. The van der Waals surface area contributed by atoms with E-state index in [9.17, 15) is 0 Å². The van der Waals surface area contributed by atoms with Crippen molar-refractivity contribution >= 4 is 11.5 Å². The molecular formula is C9H10N4O. The monoisotopic (exact) mass is 190 g/mol. The second-order valence-electron chi connectivity index (χ2n) is 2.80. The van der Waals surface area contributed by atoms with Crippen LogP contribution in [0.25, 0.3) is 0 Å². The second kappa shape index (κ2) is 3.78. The van der Waals surface area contributed by atoms with Gasteiger partial charge in [-0.15, -0.1) is 0 Å². The zero-order valence-corrected chi connectivity index (χ0v) is 7.47. The largest absolute Gasteiger partial charge is 0.384 e. The Kier molecular flexibility index (Phi) is 2.31. The molecule has 14 heavy (non-hydrogen) atoms. The van der Waals surface area contributed by atoms with Crippen LogP contribution in [0.5, 0.6) is 0 Å². The summed E-state index contributed by atoms with van der Waals surface area (Å²) in [6.45, 7) is 0.589. The van der Waals surface area contributed by atoms with Crippen LogP contribution in [0.3, 0.4) is 0 Å². The van der Waals surface area contributed by atoms with Gasteiger partial charge in [0.1, 0.15) is 5.82 Å². The van der Waals surface area contributed by atoms with E-state index in [1.54, 1.807) is 24.5 Å². The number of pyridine rings is 1. The van der Waals surface area contributed by atoms with Crippen molar-refractivity contribution in [1.29, 1.82) is 0 Å². The first-order valence-corrected chi connectivity index (χ1v) is 4.19. The molecule has 0 aliphatic heterocycles. The van der Waals surface area contributed by atoms with Gasteiger partial charge in [-0.2, -0.15) is 0 Å².